The molecule has 1 aromatic carbocycles. The fourth-order valence-electron chi connectivity index (χ4n) is 3.19. The Balaban J connectivity index is 1.62. The molecule has 92 valence electrons. The molecular formula is C15H22N2. The number of rotatable bonds is 3. The summed E-state index contributed by atoms with van der Waals surface area (Å²) in [5.41, 5.74) is 1.46. The molecule has 0 saturated carbocycles. The Morgan fingerprint density at radius 2 is 1.76 bits per heavy atom. The van der Waals surface area contributed by atoms with Crippen LogP contribution >= 0.6 is 0 Å². The minimum Gasteiger partial charge on any atom is -0.298 e. The predicted molar refractivity (Wildman–Crippen MR) is 70.9 cm³/mol. The van der Waals surface area contributed by atoms with Crippen LogP contribution in [0.1, 0.15) is 25.8 Å². The molecule has 0 radical (unpaired) electrons. The highest BCUT2D eigenvalue weighted by Crippen LogP contribution is 2.34. The van der Waals surface area contributed by atoms with Crippen molar-refractivity contribution >= 4 is 0 Å². The molecule has 3 aliphatic heterocycles. The number of piperazine rings is 1. The van der Waals surface area contributed by atoms with E-state index >= 15 is 0 Å². The van der Waals surface area contributed by atoms with Gasteiger partial charge in [0.05, 0.1) is 0 Å². The summed E-state index contributed by atoms with van der Waals surface area (Å²) < 4.78 is 0. The Kier molecular flexibility index (Phi) is 2.93. The molecule has 0 spiro atoms. The Hall–Kier alpha value is -0.860. The van der Waals surface area contributed by atoms with Crippen LogP contribution in [-0.4, -0.2) is 41.0 Å². The van der Waals surface area contributed by atoms with Gasteiger partial charge in [0.25, 0.3) is 0 Å². The Labute approximate surface area is 104 Å². The third-order valence-electron chi connectivity index (χ3n) is 4.31. The maximum atomic E-state index is 2.69. The van der Waals surface area contributed by atoms with E-state index in [0.29, 0.717) is 6.04 Å². The quantitative estimate of drug-likeness (QED) is 0.786. The van der Waals surface area contributed by atoms with Gasteiger partial charge in [-0.05, 0) is 25.8 Å². The zero-order chi connectivity index (χ0) is 11.8. The van der Waals surface area contributed by atoms with Crippen LogP contribution in [0.3, 0.4) is 0 Å². The first-order valence-corrected chi connectivity index (χ1v) is 6.78. The van der Waals surface area contributed by atoms with Gasteiger partial charge in [0.2, 0.25) is 0 Å². The van der Waals surface area contributed by atoms with Crippen molar-refractivity contribution in [2.75, 3.05) is 13.1 Å². The van der Waals surface area contributed by atoms with Crippen molar-refractivity contribution < 1.29 is 0 Å². The number of benzene rings is 1. The van der Waals surface area contributed by atoms with Crippen LogP contribution < -0.4 is 0 Å². The van der Waals surface area contributed by atoms with Gasteiger partial charge >= 0.3 is 0 Å². The molecule has 3 fully saturated rings. The van der Waals surface area contributed by atoms with Crippen molar-refractivity contribution in [2.24, 2.45) is 0 Å². The highest BCUT2D eigenvalue weighted by Gasteiger charge is 2.44. The number of hydrogen-bond donors (Lipinski definition) is 0. The number of piperidine rings is 1. The van der Waals surface area contributed by atoms with E-state index in [9.17, 15) is 0 Å². The lowest BCUT2D eigenvalue weighted by Crippen LogP contribution is -2.68. The first-order valence-electron chi connectivity index (χ1n) is 6.78. The molecule has 0 aliphatic carbocycles. The monoisotopic (exact) mass is 230 g/mol. The summed E-state index contributed by atoms with van der Waals surface area (Å²) >= 11 is 0. The van der Waals surface area contributed by atoms with Crippen molar-refractivity contribution in [1.29, 1.82) is 0 Å². The van der Waals surface area contributed by atoms with Crippen LogP contribution in [0.2, 0.25) is 0 Å². The summed E-state index contributed by atoms with van der Waals surface area (Å²) in [6, 6.07) is 13.2. The van der Waals surface area contributed by atoms with Gasteiger partial charge in [0, 0.05) is 37.8 Å². The van der Waals surface area contributed by atoms with E-state index < -0.39 is 0 Å². The minimum absolute atomic E-state index is 0.708. The molecule has 0 aromatic heterocycles. The minimum atomic E-state index is 0.708. The standard InChI is InChI=1S/C15H22N2/c1-12(2)16-10-14-8-15(11-16)17(14)9-13-6-4-3-5-7-13/h3-7,12,14-15H,8-11H2,1-2H3. The summed E-state index contributed by atoms with van der Waals surface area (Å²) in [6.07, 6.45) is 1.41. The van der Waals surface area contributed by atoms with E-state index in [-0.39, 0.29) is 0 Å². The van der Waals surface area contributed by atoms with Crippen molar-refractivity contribution in [3.63, 3.8) is 0 Å². The molecule has 4 rings (SSSR count). The van der Waals surface area contributed by atoms with Gasteiger partial charge in [-0.3, -0.25) is 9.80 Å². The summed E-state index contributed by atoms with van der Waals surface area (Å²) in [4.78, 5) is 5.31. The van der Waals surface area contributed by atoms with Crippen LogP contribution in [0.25, 0.3) is 0 Å². The van der Waals surface area contributed by atoms with Gasteiger partial charge in [-0.2, -0.15) is 0 Å². The van der Waals surface area contributed by atoms with Crippen LogP contribution in [-0.2, 0) is 6.54 Å². The molecule has 17 heavy (non-hydrogen) atoms. The van der Waals surface area contributed by atoms with Crippen molar-refractivity contribution in [1.82, 2.24) is 9.80 Å². The molecule has 2 unspecified atom stereocenters. The molecular weight excluding hydrogens is 208 g/mol. The van der Waals surface area contributed by atoms with E-state index in [1.54, 1.807) is 0 Å². The molecule has 2 bridgehead atoms. The van der Waals surface area contributed by atoms with Crippen LogP contribution in [0, 0.1) is 0 Å². The second-order valence-corrected chi connectivity index (χ2v) is 5.75. The van der Waals surface area contributed by atoms with Gasteiger partial charge in [-0.1, -0.05) is 30.3 Å². The van der Waals surface area contributed by atoms with Crippen molar-refractivity contribution in [2.45, 2.75) is 44.9 Å². The smallest absolute Gasteiger partial charge is 0.0245 e. The summed E-state index contributed by atoms with van der Waals surface area (Å²) in [7, 11) is 0. The summed E-state index contributed by atoms with van der Waals surface area (Å²) in [6.45, 7) is 8.29. The number of hydrogen-bond acceptors (Lipinski definition) is 2. The Morgan fingerprint density at radius 3 is 2.35 bits per heavy atom. The molecule has 3 aliphatic rings. The van der Waals surface area contributed by atoms with E-state index in [0.717, 1.165) is 18.6 Å². The topological polar surface area (TPSA) is 6.48 Å². The number of fused-ring (bicyclic) bond motifs is 2. The highest BCUT2D eigenvalue weighted by atomic mass is 15.4. The average molecular weight is 230 g/mol. The normalized spacial score (nSPS) is 29.4. The maximum Gasteiger partial charge on any atom is 0.0245 e. The summed E-state index contributed by atoms with van der Waals surface area (Å²) in [5.74, 6) is 0. The van der Waals surface area contributed by atoms with Gasteiger partial charge < -0.3 is 0 Å². The van der Waals surface area contributed by atoms with E-state index in [2.05, 4.69) is 54.0 Å². The fraction of sp³-hybridized carbons (Fsp3) is 0.600. The maximum absolute atomic E-state index is 2.69. The molecule has 2 heteroatoms. The lowest BCUT2D eigenvalue weighted by molar-refractivity contribution is -0.0834. The number of nitrogens with zero attached hydrogens (tertiary/aromatic N) is 2. The van der Waals surface area contributed by atoms with E-state index in [1.165, 1.54) is 25.1 Å². The lowest BCUT2D eigenvalue weighted by atomic mass is 9.86. The Morgan fingerprint density at radius 1 is 1.12 bits per heavy atom. The van der Waals surface area contributed by atoms with Gasteiger partial charge in [-0.15, -0.1) is 0 Å². The molecule has 3 heterocycles. The highest BCUT2D eigenvalue weighted by molar-refractivity contribution is 5.16. The molecule has 2 nitrogen and oxygen atoms in total. The largest absolute Gasteiger partial charge is 0.298 e. The Bertz CT molecular complexity index is 362. The molecule has 2 atom stereocenters. The zero-order valence-electron chi connectivity index (χ0n) is 10.8. The van der Waals surface area contributed by atoms with E-state index in [1.807, 2.05) is 0 Å². The SMILES string of the molecule is CC(C)N1CC2CC(C1)N2Cc1ccccc1. The van der Waals surface area contributed by atoms with Gasteiger partial charge in [0.1, 0.15) is 0 Å². The second kappa shape index (κ2) is 4.43. The second-order valence-electron chi connectivity index (χ2n) is 5.75. The van der Waals surface area contributed by atoms with Gasteiger partial charge in [0.15, 0.2) is 0 Å². The fourth-order valence-corrected chi connectivity index (χ4v) is 3.19. The third kappa shape index (κ3) is 2.12. The predicted octanol–water partition coefficient (Wildman–Crippen LogP) is 2.35. The molecule has 1 aromatic rings. The molecule has 0 N–H and O–H groups in total. The summed E-state index contributed by atoms with van der Waals surface area (Å²) in [5, 5.41) is 0. The molecule has 0 amide bonds. The van der Waals surface area contributed by atoms with Crippen molar-refractivity contribution in [3.05, 3.63) is 35.9 Å². The zero-order valence-corrected chi connectivity index (χ0v) is 10.8. The van der Waals surface area contributed by atoms with Gasteiger partial charge in [-0.25, -0.2) is 0 Å². The van der Waals surface area contributed by atoms with Crippen LogP contribution in [0.5, 0.6) is 0 Å². The van der Waals surface area contributed by atoms with E-state index in [4.69, 9.17) is 0 Å². The first-order chi connectivity index (χ1) is 8.24. The lowest BCUT2D eigenvalue weighted by Gasteiger charge is -2.57. The van der Waals surface area contributed by atoms with Crippen molar-refractivity contribution in [3.8, 4) is 0 Å². The van der Waals surface area contributed by atoms with Crippen LogP contribution in [0.15, 0.2) is 30.3 Å². The third-order valence-corrected chi connectivity index (χ3v) is 4.31. The average Bonchev–Trinajstić information content (AvgIpc) is 2.37. The van der Waals surface area contributed by atoms with Crippen LogP contribution in [0.4, 0.5) is 0 Å². The first kappa shape index (κ1) is 11.2. The molecule has 3 saturated heterocycles.